The van der Waals surface area contributed by atoms with E-state index in [1.54, 1.807) is 11.8 Å². The number of unbranched alkanes of at least 4 members (excludes halogenated alkanes) is 1. The van der Waals surface area contributed by atoms with Crippen LogP contribution < -0.4 is 16.0 Å². The molecule has 12 heteroatoms. The van der Waals surface area contributed by atoms with E-state index in [0.29, 0.717) is 25.0 Å². The van der Waals surface area contributed by atoms with Crippen molar-refractivity contribution in [2.75, 3.05) is 11.5 Å². The maximum atomic E-state index is 15.3. The molecular weight excluding hydrogens is 1030 g/mol. The molecule has 1 fully saturated rings. The van der Waals surface area contributed by atoms with Crippen LogP contribution in [0.3, 0.4) is 0 Å². The van der Waals surface area contributed by atoms with Crippen molar-refractivity contribution in [3.8, 4) is 0 Å². The summed E-state index contributed by atoms with van der Waals surface area (Å²) in [7, 11) is -2.61. The monoisotopic (exact) mass is 1120 g/mol. The Labute approximate surface area is 480 Å². The van der Waals surface area contributed by atoms with E-state index in [0.717, 1.165) is 39.8 Å². The fourth-order valence-electron chi connectivity index (χ4n) is 10.1. The van der Waals surface area contributed by atoms with Crippen LogP contribution in [0.4, 0.5) is 0 Å². The van der Waals surface area contributed by atoms with Gasteiger partial charge in [-0.3, -0.25) is 19.2 Å². The molecule has 0 aromatic heterocycles. The molecule has 6 aromatic rings. The number of benzene rings is 6. The molecule has 1 heterocycles. The highest BCUT2D eigenvalue weighted by atomic mass is 32.2. The fourth-order valence-corrected chi connectivity index (χ4v) is 14.5. The maximum Gasteiger partial charge on any atom is 0.309 e. The van der Waals surface area contributed by atoms with Crippen LogP contribution in [0.1, 0.15) is 113 Å². The lowest BCUT2D eigenvalue weighted by Crippen LogP contribution is -2.59. The first-order chi connectivity index (χ1) is 38.0. The third-order valence-corrected chi connectivity index (χ3v) is 23.1. The van der Waals surface area contributed by atoms with Crippen LogP contribution in [0, 0.1) is 5.92 Å². The summed E-state index contributed by atoms with van der Waals surface area (Å²) in [5, 5.41) is 9.30. The van der Waals surface area contributed by atoms with Gasteiger partial charge in [0.15, 0.2) is 8.32 Å². The van der Waals surface area contributed by atoms with Crippen molar-refractivity contribution in [1.29, 1.82) is 0 Å². The lowest BCUT2D eigenvalue weighted by molar-refractivity contribution is -0.151. The van der Waals surface area contributed by atoms with Crippen molar-refractivity contribution in [2.24, 2.45) is 5.92 Å². The van der Waals surface area contributed by atoms with Crippen LogP contribution in [0.15, 0.2) is 194 Å². The second-order valence-corrected chi connectivity index (χ2v) is 29.7. The van der Waals surface area contributed by atoms with Crippen LogP contribution in [-0.4, -0.2) is 73.8 Å². The van der Waals surface area contributed by atoms with E-state index in [-0.39, 0.29) is 29.6 Å². The molecule has 5 atom stereocenters. The van der Waals surface area contributed by atoms with Gasteiger partial charge >= 0.3 is 5.97 Å². The van der Waals surface area contributed by atoms with Crippen molar-refractivity contribution in [2.45, 2.75) is 138 Å². The van der Waals surface area contributed by atoms with Gasteiger partial charge in [-0.1, -0.05) is 242 Å². The minimum Gasteiger partial charge on any atom is -0.457 e. The zero-order valence-corrected chi connectivity index (χ0v) is 50.0. The second kappa shape index (κ2) is 28.3. The van der Waals surface area contributed by atoms with Crippen LogP contribution in [0.25, 0.3) is 0 Å². The molecule has 1 saturated heterocycles. The highest BCUT2D eigenvalue weighted by Crippen LogP contribution is 2.50. The van der Waals surface area contributed by atoms with Gasteiger partial charge in [-0.25, -0.2) is 0 Å². The van der Waals surface area contributed by atoms with E-state index >= 15 is 4.79 Å². The summed E-state index contributed by atoms with van der Waals surface area (Å²) < 4.78 is 12.2. The average molecular weight is 1120 g/mol. The Bertz CT molecular complexity index is 2700. The van der Waals surface area contributed by atoms with E-state index in [4.69, 9.17) is 9.16 Å². The van der Waals surface area contributed by atoms with E-state index in [9.17, 15) is 14.4 Å². The Morgan fingerprint density at radius 3 is 1.42 bits per heavy atom. The van der Waals surface area contributed by atoms with E-state index in [2.05, 4.69) is 159 Å². The number of thioether (sulfide) groups is 2. The molecule has 0 unspecified atom stereocenters. The molecule has 7 rings (SSSR count). The summed E-state index contributed by atoms with van der Waals surface area (Å²) in [4.78, 5) is 59.3. The summed E-state index contributed by atoms with van der Waals surface area (Å²) in [6.45, 7) is 16.8. The number of ether oxygens (including phenoxy) is 1. The number of hydrogen-bond acceptors (Lipinski definition) is 8. The summed E-state index contributed by atoms with van der Waals surface area (Å²) in [5.74, 6) is -1.22. The number of rotatable bonds is 20. The van der Waals surface area contributed by atoms with Crippen molar-refractivity contribution >= 4 is 55.5 Å². The molecule has 1 aliphatic heterocycles. The first-order valence-electron chi connectivity index (χ1n) is 28.0. The predicted molar refractivity (Wildman–Crippen MR) is 328 cm³/mol. The summed E-state index contributed by atoms with van der Waals surface area (Å²) >= 11 is 3.40. The molecule has 0 saturated carbocycles. The Hall–Kier alpha value is -6.18. The normalized spacial score (nSPS) is 19.4. The number of cyclic esters (lactones) is 1. The number of amides is 3. The molecule has 79 heavy (non-hydrogen) atoms. The van der Waals surface area contributed by atoms with E-state index in [1.807, 2.05) is 117 Å². The molecule has 416 valence electrons. The van der Waals surface area contributed by atoms with E-state index < -0.39 is 71.8 Å². The van der Waals surface area contributed by atoms with Crippen LogP contribution in [-0.2, 0) is 37.8 Å². The van der Waals surface area contributed by atoms with Gasteiger partial charge in [0, 0.05) is 5.75 Å². The zero-order chi connectivity index (χ0) is 56.5. The van der Waals surface area contributed by atoms with Gasteiger partial charge in [0.25, 0.3) is 0 Å². The van der Waals surface area contributed by atoms with E-state index in [1.165, 1.54) is 0 Å². The first kappa shape index (κ1) is 60.5. The van der Waals surface area contributed by atoms with Crippen molar-refractivity contribution < 1.29 is 28.3 Å². The average Bonchev–Trinajstić information content (AvgIpc) is 3.63. The number of nitrogens with one attached hydrogen (secondary N) is 3. The molecule has 6 aromatic carbocycles. The Morgan fingerprint density at radius 2 is 1.01 bits per heavy atom. The standard InChI is InChI=1S/C67H81N3O6S2Si/c1-9-10-44-57-63(73)69-58(48-78-67(53-37-23-14-24-38-53,54-39-25-15-26-40-54)55-41-27-16-28-42-55)64(74)70-62(49(2)3)59(76-79(7,8)65(4,5)6)47-61(72)75-56(46-60(71)68-57)43-29-30-45-77-66(50-31-17-11-18-32-50,51-33-19-12-20-34-51)52-35-21-13-22-36-52/h11-29,31-43,49,56-59,62H,9-10,30,44-48H2,1-8H3,(H,68,71)(H,69,73)(H,70,74)/b43-29+/t56-,57-,58-,59+,62-/m1/s1. The van der Waals surface area contributed by atoms with Crippen LogP contribution >= 0.6 is 23.5 Å². The number of carbonyl (C=O) groups excluding carboxylic acids is 4. The summed E-state index contributed by atoms with van der Waals surface area (Å²) in [6, 6.07) is 59.6. The van der Waals surface area contributed by atoms with Crippen molar-refractivity contribution in [1.82, 2.24) is 16.0 Å². The molecule has 0 bridgehead atoms. The SMILES string of the molecule is CCCC[C@H]1NC(=O)C[C@@H](/C=C/CCSC(c2ccccc2)(c2ccccc2)c2ccccc2)OC(=O)C[C@H](O[Si](C)(C)C(C)(C)C)[C@@H](C(C)C)NC(=O)[C@@H](CSC(c2ccccc2)(c2ccccc2)c2ccccc2)NC1=O. The molecule has 3 N–H and O–H groups in total. The Kier molecular flexibility index (Phi) is 21.7. The molecule has 0 aliphatic carbocycles. The number of carbonyl (C=O) groups is 4. The second-order valence-electron chi connectivity index (χ2n) is 22.4. The third kappa shape index (κ3) is 15.4. The highest BCUT2D eigenvalue weighted by molar-refractivity contribution is 8.00. The quantitative estimate of drug-likeness (QED) is 0.0227. The van der Waals surface area contributed by atoms with Crippen molar-refractivity contribution in [3.63, 3.8) is 0 Å². The van der Waals surface area contributed by atoms with Gasteiger partial charge in [-0.05, 0) is 82.1 Å². The fraction of sp³-hybridized carbons (Fsp3) is 0.373. The third-order valence-electron chi connectivity index (χ3n) is 15.4. The Morgan fingerprint density at radius 1 is 0.595 bits per heavy atom. The molecule has 0 radical (unpaired) electrons. The van der Waals surface area contributed by atoms with Gasteiger partial charge in [-0.15, -0.1) is 23.5 Å². The minimum absolute atomic E-state index is 0.152. The van der Waals surface area contributed by atoms with Crippen LogP contribution in [0.2, 0.25) is 18.1 Å². The predicted octanol–water partition coefficient (Wildman–Crippen LogP) is 13.8. The van der Waals surface area contributed by atoms with Gasteiger partial charge in [0.1, 0.15) is 18.2 Å². The topological polar surface area (TPSA) is 123 Å². The van der Waals surface area contributed by atoms with Crippen LogP contribution in [0.5, 0.6) is 0 Å². The van der Waals surface area contributed by atoms with Gasteiger partial charge in [0.2, 0.25) is 17.7 Å². The molecule has 3 amide bonds. The van der Waals surface area contributed by atoms with Gasteiger partial charge in [0.05, 0.1) is 34.5 Å². The number of allylic oxidation sites excluding steroid dienone is 1. The van der Waals surface area contributed by atoms with Gasteiger partial charge < -0.3 is 25.1 Å². The maximum absolute atomic E-state index is 15.3. The molecule has 9 nitrogen and oxygen atoms in total. The molecule has 0 spiro atoms. The lowest BCUT2D eigenvalue weighted by Gasteiger charge is -2.42. The summed E-state index contributed by atoms with van der Waals surface area (Å²) in [5.41, 5.74) is 6.51. The highest BCUT2D eigenvalue weighted by Gasteiger charge is 2.45. The lowest BCUT2D eigenvalue weighted by atomic mass is 9.84. The van der Waals surface area contributed by atoms with Gasteiger partial charge in [-0.2, -0.15) is 0 Å². The smallest absolute Gasteiger partial charge is 0.309 e. The number of esters is 1. The number of hydrogen-bond donors (Lipinski definition) is 3. The minimum atomic E-state index is -2.61. The zero-order valence-electron chi connectivity index (χ0n) is 47.4. The largest absolute Gasteiger partial charge is 0.457 e. The molecular formula is C67H81N3O6S2Si. The first-order valence-corrected chi connectivity index (χ1v) is 32.9. The van der Waals surface area contributed by atoms with Crippen molar-refractivity contribution in [3.05, 3.63) is 228 Å². The summed E-state index contributed by atoms with van der Waals surface area (Å²) in [6.07, 6.45) is 4.05. The Balaban J connectivity index is 1.23. The molecule has 1 aliphatic rings.